The normalized spacial score (nSPS) is 16.9. The Kier molecular flexibility index (Phi) is 6.23. The Balaban J connectivity index is 1.92. The van der Waals surface area contributed by atoms with Gasteiger partial charge in [0.05, 0.1) is 12.7 Å². The van der Waals surface area contributed by atoms with E-state index in [0.717, 1.165) is 12.0 Å². The number of hydrogen-bond donors (Lipinski definition) is 1. The van der Waals surface area contributed by atoms with E-state index >= 15 is 0 Å². The first-order valence-corrected chi connectivity index (χ1v) is 8.66. The summed E-state index contributed by atoms with van der Waals surface area (Å²) in [5.74, 6) is -0.607. The third-order valence-electron chi connectivity index (χ3n) is 4.03. The van der Waals surface area contributed by atoms with E-state index in [4.69, 9.17) is 4.74 Å². The maximum atomic E-state index is 12.5. The van der Waals surface area contributed by atoms with Gasteiger partial charge in [0.25, 0.3) is 0 Å². The van der Waals surface area contributed by atoms with Crippen molar-refractivity contribution in [1.82, 2.24) is 10.2 Å². The summed E-state index contributed by atoms with van der Waals surface area (Å²) in [7, 11) is 1.33. The number of nitrogens with one attached hydrogen (secondary N) is 1. The molecule has 0 radical (unpaired) electrons. The molecule has 2 rings (SSSR count). The fourth-order valence-corrected chi connectivity index (χ4v) is 2.76. The van der Waals surface area contributed by atoms with Gasteiger partial charge in [-0.3, -0.25) is 9.69 Å². The van der Waals surface area contributed by atoms with Crippen molar-refractivity contribution in [3.05, 3.63) is 35.4 Å². The fourth-order valence-electron chi connectivity index (χ4n) is 2.76. The van der Waals surface area contributed by atoms with E-state index in [-0.39, 0.29) is 5.91 Å². The first kappa shape index (κ1) is 19.8. The van der Waals surface area contributed by atoms with Crippen LogP contribution < -0.4 is 5.32 Å². The fraction of sp³-hybridized carbons (Fsp3) is 0.526. The largest absolute Gasteiger partial charge is 0.465 e. The molecule has 1 N–H and O–H groups in total. The number of esters is 1. The lowest BCUT2D eigenvalue weighted by Crippen LogP contribution is -2.47. The maximum Gasteiger partial charge on any atom is 0.410 e. The van der Waals surface area contributed by atoms with Crippen LogP contribution in [0.5, 0.6) is 0 Å². The molecule has 0 bridgehead atoms. The van der Waals surface area contributed by atoms with E-state index in [1.165, 1.54) is 12.0 Å². The van der Waals surface area contributed by atoms with Crippen LogP contribution in [0.15, 0.2) is 24.3 Å². The molecule has 0 aliphatic carbocycles. The van der Waals surface area contributed by atoms with Gasteiger partial charge >= 0.3 is 12.1 Å². The van der Waals surface area contributed by atoms with Gasteiger partial charge in [-0.2, -0.15) is 0 Å². The first-order chi connectivity index (χ1) is 12.2. The van der Waals surface area contributed by atoms with Crippen LogP contribution in [-0.2, 0) is 20.8 Å². The molecule has 142 valence electrons. The molecule has 1 aromatic rings. The zero-order valence-corrected chi connectivity index (χ0v) is 15.7. The van der Waals surface area contributed by atoms with Gasteiger partial charge in [0.2, 0.25) is 5.91 Å². The molecule has 0 spiro atoms. The number of carbonyl (C=O) groups excluding carboxylic acids is 3. The lowest BCUT2D eigenvalue weighted by atomic mass is 10.1. The molecule has 2 amide bonds. The number of amides is 2. The Bertz CT molecular complexity index is 664. The van der Waals surface area contributed by atoms with Crippen LogP contribution in [-0.4, -0.2) is 48.2 Å². The van der Waals surface area contributed by atoms with Crippen molar-refractivity contribution in [3.8, 4) is 0 Å². The number of carbonyl (C=O) groups is 3. The number of hydrogen-bond acceptors (Lipinski definition) is 5. The number of nitrogens with zero attached hydrogens (tertiary/aromatic N) is 1. The zero-order chi connectivity index (χ0) is 19.3. The van der Waals surface area contributed by atoms with Gasteiger partial charge in [-0.1, -0.05) is 12.1 Å². The standard InChI is InChI=1S/C19H26N2O5/c1-19(2,3)26-18(24)21-11-5-6-15(21)16(22)20-12-13-7-9-14(10-8-13)17(23)25-4/h7-10,15H,5-6,11-12H2,1-4H3,(H,20,22)/t15-/m0/s1. The van der Waals surface area contributed by atoms with Crippen molar-refractivity contribution in [2.24, 2.45) is 0 Å². The minimum Gasteiger partial charge on any atom is -0.465 e. The number of benzene rings is 1. The minimum absolute atomic E-state index is 0.203. The highest BCUT2D eigenvalue weighted by atomic mass is 16.6. The highest BCUT2D eigenvalue weighted by molar-refractivity contribution is 5.89. The lowest BCUT2D eigenvalue weighted by Gasteiger charge is -2.28. The molecule has 1 atom stereocenters. The van der Waals surface area contributed by atoms with E-state index in [2.05, 4.69) is 10.1 Å². The van der Waals surface area contributed by atoms with Crippen molar-refractivity contribution >= 4 is 18.0 Å². The van der Waals surface area contributed by atoms with Crippen molar-refractivity contribution in [1.29, 1.82) is 0 Å². The summed E-state index contributed by atoms with van der Waals surface area (Å²) < 4.78 is 10.0. The van der Waals surface area contributed by atoms with Crippen molar-refractivity contribution < 1.29 is 23.9 Å². The molecule has 0 saturated carbocycles. The molecule has 1 aromatic carbocycles. The van der Waals surface area contributed by atoms with Gasteiger partial charge in [-0.15, -0.1) is 0 Å². The quantitative estimate of drug-likeness (QED) is 0.832. The van der Waals surface area contributed by atoms with Crippen LogP contribution in [0.25, 0.3) is 0 Å². The summed E-state index contributed by atoms with van der Waals surface area (Å²) in [6.07, 6.45) is 0.926. The molecular formula is C19H26N2O5. The molecule has 0 aromatic heterocycles. The molecule has 1 fully saturated rings. The molecular weight excluding hydrogens is 336 g/mol. The van der Waals surface area contributed by atoms with E-state index in [9.17, 15) is 14.4 Å². The summed E-state index contributed by atoms with van der Waals surface area (Å²) in [5.41, 5.74) is 0.713. The Hall–Kier alpha value is -2.57. The number of methoxy groups -OCH3 is 1. The van der Waals surface area contributed by atoms with Gasteiger partial charge in [0.15, 0.2) is 0 Å². The highest BCUT2D eigenvalue weighted by Gasteiger charge is 2.36. The highest BCUT2D eigenvalue weighted by Crippen LogP contribution is 2.21. The first-order valence-electron chi connectivity index (χ1n) is 8.66. The topological polar surface area (TPSA) is 84.9 Å². The van der Waals surface area contributed by atoms with Crippen molar-refractivity contribution in [3.63, 3.8) is 0 Å². The molecule has 0 unspecified atom stereocenters. The van der Waals surface area contributed by atoms with Crippen LogP contribution in [0.4, 0.5) is 4.79 Å². The maximum absolute atomic E-state index is 12.5. The monoisotopic (exact) mass is 362 g/mol. The zero-order valence-electron chi connectivity index (χ0n) is 15.7. The van der Waals surface area contributed by atoms with E-state index in [1.54, 1.807) is 45.0 Å². The molecule has 26 heavy (non-hydrogen) atoms. The molecule has 7 nitrogen and oxygen atoms in total. The Morgan fingerprint density at radius 1 is 1.19 bits per heavy atom. The van der Waals surface area contributed by atoms with E-state index < -0.39 is 23.7 Å². The number of likely N-dealkylation sites (tertiary alicyclic amines) is 1. The summed E-state index contributed by atoms with van der Waals surface area (Å²) in [5, 5.41) is 2.85. The molecule has 1 aliphatic rings. The Morgan fingerprint density at radius 3 is 2.42 bits per heavy atom. The second-order valence-electron chi connectivity index (χ2n) is 7.24. The second kappa shape index (κ2) is 8.21. The number of ether oxygens (including phenoxy) is 2. The average molecular weight is 362 g/mol. The lowest BCUT2D eigenvalue weighted by molar-refractivity contribution is -0.125. The van der Waals surface area contributed by atoms with Crippen molar-refractivity contribution in [2.45, 2.75) is 51.8 Å². The van der Waals surface area contributed by atoms with Gasteiger partial charge in [0.1, 0.15) is 11.6 Å². The molecule has 7 heteroatoms. The van der Waals surface area contributed by atoms with Crippen LogP contribution in [0.3, 0.4) is 0 Å². The summed E-state index contributed by atoms with van der Waals surface area (Å²) in [4.78, 5) is 37.7. The van der Waals surface area contributed by atoms with Crippen LogP contribution in [0, 0.1) is 0 Å². The minimum atomic E-state index is -0.595. The Morgan fingerprint density at radius 2 is 1.85 bits per heavy atom. The second-order valence-corrected chi connectivity index (χ2v) is 7.24. The van der Waals surface area contributed by atoms with Gasteiger partial charge in [-0.05, 0) is 51.3 Å². The van der Waals surface area contributed by atoms with E-state index in [1.807, 2.05) is 0 Å². The molecule has 1 saturated heterocycles. The number of rotatable bonds is 4. The van der Waals surface area contributed by atoms with E-state index in [0.29, 0.717) is 25.1 Å². The predicted molar refractivity (Wildman–Crippen MR) is 95.6 cm³/mol. The summed E-state index contributed by atoms with van der Waals surface area (Å²) in [6, 6.07) is 6.30. The van der Waals surface area contributed by atoms with Crippen molar-refractivity contribution in [2.75, 3.05) is 13.7 Å². The SMILES string of the molecule is COC(=O)c1ccc(CNC(=O)[C@@H]2CCCN2C(=O)OC(C)(C)C)cc1. The van der Waals surface area contributed by atoms with Crippen LogP contribution in [0.1, 0.15) is 49.5 Å². The van der Waals surface area contributed by atoms with Gasteiger partial charge in [-0.25, -0.2) is 9.59 Å². The Labute approximate surface area is 153 Å². The average Bonchev–Trinajstić information content (AvgIpc) is 3.08. The smallest absolute Gasteiger partial charge is 0.410 e. The molecule has 1 aliphatic heterocycles. The van der Waals surface area contributed by atoms with Crippen LogP contribution in [0.2, 0.25) is 0 Å². The predicted octanol–water partition coefficient (Wildman–Crippen LogP) is 2.49. The van der Waals surface area contributed by atoms with Crippen LogP contribution >= 0.6 is 0 Å². The van der Waals surface area contributed by atoms with Gasteiger partial charge < -0.3 is 14.8 Å². The third-order valence-corrected chi connectivity index (χ3v) is 4.03. The summed E-state index contributed by atoms with van der Waals surface area (Å²) in [6.45, 7) is 6.23. The summed E-state index contributed by atoms with van der Waals surface area (Å²) >= 11 is 0. The molecule has 1 heterocycles. The third kappa shape index (κ3) is 5.21. The van der Waals surface area contributed by atoms with Gasteiger partial charge in [0, 0.05) is 13.1 Å².